The summed E-state index contributed by atoms with van der Waals surface area (Å²) in [6.07, 6.45) is 4.62. The topological polar surface area (TPSA) is 40.5 Å². The minimum absolute atomic E-state index is 0.155. The average Bonchev–Trinajstić information content (AvgIpc) is 3.13. The molecule has 1 unspecified atom stereocenters. The summed E-state index contributed by atoms with van der Waals surface area (Å²) in [4.78, 5) is 14.9. The second-order valence-corrected chi connectivity index (χ2v) is 6.33. The molecule has 1 heterocycles. The number of aliphatic hydroxyl groups excluding tert-OH is 1. The number of amides is 1. The molecule has 1 amide bonds. The molecule has 0 aromatic heterocycles. The third kappa shape index (κ3) is 2.33. The molecule has 0 radical (unpaired) electrons. The zero-order valence-electron chi connectivity index (χ0n) is 11.5. The van der Waals surface area contributed by atoms with Gasteiger partial charge in [0, 0.05) is 24.2 Å². The van der Waals surface area contributed by atoms with Crippen molar-refractivity contribution in [2.45, 2.75) is 43.6 Å². The summed E-state index contributed by atoms with van der Waals surface area (Å²) in [5.74, 6) is 0.246. The van der Waals surface area contributed by atoms with Crippen LogP contribution < -0.4 is 0 Å². The molecule has 1 atom stereocenters. The molecular formula is C16H20ClNO2. The van der Waals surface area contributed by atoms with Crippen molar-refractivity contribution in [2.24, 2.45) is 0 Å². The number of benzene rings is 1. The SMILES string of the molecule is O=C(N1CCCC1CCO)C1(c2ccc(Cl)cc2)CC1. The number of hydrogen-bond donors (Lipinski definition) is 1. The monoisotopic (exact) mass is 293 g/mol. The van der Waals surface area contributed by atoms with Crippen LogP contribution in [0.2, 0.25) is 5.02 Å². The molecule has 108 valence electrons. The Labute approximate surface area is 124 Å². The van der Waals surface area contributed by atoms with E-state index in [1.54, 1.807) is 0 Å². The number of hydrogen-bond acceptors (Lipinski definition) is 2. The quantitative estimate of drug-likeness (QED) is 0.927. The summed E-state index contributed by atoms with van der Waals surface area (Å²) in [6.45, 7) is 0.987. The lowest BCUT2D eigenvalue weighted by molar-refractivity contribution is -0.135. The van der Waals surface area contributed by atoms with Crippen LogP contribution in [0, 0.1) is 0 Å². The highest BCUT2D eigenvalue weighted by molar-refractivity contribution is 6.30. The lowest BCUT2D eigenvalue weighted by Crippen LogP contribution is -2.42. The van der Waals surface area contributed by atoms with E-state index < -0.39 is 0 Å². The fourth-order valence-electron chi connectivity index (χ4n) is 3.35. The molecule has 1 saturated carbocycles. The second-order valence-electron chi connectivity index (χ2n) is 5.90. The van der Waals surface area contributed by atoms with Crippen molar-refractivity contribution in [3.8, 4) is 0 Å². The van der Waals surface area contributed by atoms with Crippen LogP contribution >= 0.6 is 11.6 Å². The Morgan fingerprint density at radius 2 is 2.05 bits per heavy atom. The fraction of sp³-hybridized carbons (Fsp3) is 0.562. The van der Waals surface area contributed by atoms with E-state index in [0.717, 1.165) is 37.8 Å². The summed E-state index contributed by atoms with van der Waals surface area (Å²) in [5, 5.41) is 9.84. The molecule has 20 heavy (non-hydrogen) atoms. The smallest absolute Gasteiger partial charge is 0.233 e. The molecular weight excluding hydrogens is 274 g/mol. The third-order valence-corrected chi connectivity index (χ3v) is 4.91. The van der Waals surface area contributed by atoms with Crippen LogP contribution in [0.3, 0.4) is 0 Å². The van der Waals surface area contributed by atoms with E-state index in [2.05, 4.69) is 0 Å². The van der Waals surface area contributed by atoms with E-state index in [9.17, 15) is 4.79 Å². The van der Waals surface area contributed by atoms with Gasteiger partial charge in [0.15, 0.2) is 0 Å². The highest BCUT2D eigenvalue weighted by atomic mass is 35.5. The van der Waals surface area contributed by atoms with E-state index in [1.165, 1.54) is 0 Å². The van der Waals surface area contributed by atoms with Crippen molar-refractivity contribution in [1.29, 1.82) is 0 Å². The van der Waals surface area contributed by atoms with Crippen LogP contribution in [0.25, 0.3) is 0 Å². The van der Waals surface area contributed by atoms with E-state index in [-0.39, 0.29) is 24.0 Å². The average molecular weight is 294 g/mol. The van der Waals surface area contributed by atoms with Crippen molar-refractivity contribution in [1.82, 2.24) is 4.90 Å². The van der Waals surface area contributed by atoms with Crippen LogP contribution in [0.1, 0.15) is 37.7 Å². The van der Waals surface area contributed by atoms with Gasteiger partial charge >= 0.3 is 0 Å². The number of halogens is 1. The molecule has 1 aromatic carbocycles. The first kappa shape index (κ1) is 13.9. The molecule has 1 saturated heterocycles. The summed E-state index contributed by atoms with van der Waals surface area (Å²) >= 11 is 5.93. The highest BCUT2D eigenvalue weighted by Gasteiger charge is 2.54. The Balaban J connectivity index is 1.81. The van der Waals surface area contributed by atoms with E-state index >= 15 is 0 Å². The van der Waals surface area contributed by atoms with Crippen LogP contribution in [0.4, 0.5) is 0 Å². The first-order chi connectivity index (χ1) is 9.67. The van der Waals surface area contributed by atoms with Gasteiger partial charge in [0.25, 0.3) is 0 Å². The molecule has 3 rings (SSSR count). The maximum Gasteiger partial charge on any atom is 0.233 e. The van der Waals surface area contributed by atoms with Gasteiger partial charge < -0.3 is 10.0 Å². The first-order valence-electron chi connectivity index (χ1n) is 7.35. The van der Waals surface area contributed by atoms with Crippen molar-refractivity contribution >= 4 is 17.5 Å². The summed E-state index contributed by atoms with van der Waals surface area (Å²) < 4.78 is 0. The van der Waals surface area contributed by atoms with E-state index in [4.69, 9.17) is 16.7 Å². The normalized spacial score (nSPS) is 23.9. The van der Waals surface area contributed by atoms with Crippen LogP contribution in [0.5, 0.6) is 0 Å². The molecule has 1 N–H and O–H groups in total. The minimum Gasteiger partial charge on any atom is -0.396 e. The van der Waals surface area contributed by atoms with Gasteiger partial charge in [-0.3, -0.25) is 4.79 Å². The standard InChI is InChI=1S/C16H20ClNO2/c17-13-5-3-12(4-6-13)16(8-9-16)15(20)18-10-1-2-14(18)7-11-19/h3-6,14,19H,1-2,7-11H2. The largest absolute Gasteiger partial charge is 0.396 e. The highest BCUT2D eigenvalue weighted by Crippen LogP contribution is 2.50. The minimum atomic E-state index is -0.317. The summed E-state index contributed by atoms with van der Waals surface area (Å²) in [5.41, 5.74) is 0.768. The van der Waals surface area contributed by atoms with Crippen molar-refractivity contribution in [3.63, 3.8) is 0 Å². The Kier molecular flexibility index (Phi) is 3.74. The predicted molar refractivity (Wildman–Crippen MR) is 78.8 cm³/mol. The second kappa shape index (κ2) is 5.38. The van der Waals surface area contributed by atoms with Gasteiger partial charge in [0.05, 0.1) is 5.41 Å². The van der Waals surface area contributed by atoms with Gasteiger partial charge in [-0.2, -0.15) is 0 Å². The van der Waals surface area contributed by atoms with E-state index in [1.807, 2.05) is 29.2 Å². The maximum absolute atomic E-state index is 12.9. The number of likely N-dealkylation sites (tertiary alicyclic amines) is 1. The van der Waals surface area contributed by atoms with Crippen molar-refractivity contribution in [2.75, 3.05) is 13.2 Å². The molecule has 1 aliphatic carbocycles. The Hall–Kier alpha value is -1.06. The zero-order valence-corrected chi connectivity index (χ0v) is 12.3. The first-order valence-corrected chi connectivity index (χ1v) is 7.73. The van der Waals surface area contributed by atoms with Crippen LogP contribution in [-0.2, 0) is 10.2 Å². The number of carbonyl (C=O) groups excluding carboxylic acids is 1. The molecule has 3 nitrogen and oxygen atoms in total. The van der Waals surface area contributed by atoms with Crippen molar-refractivity contribution in [3.05, 3.63) is 34.9 Å². The van der Waals surface area contributed by atoms with Crippen molar-refractivity contribution < 1.29 is 9.90 Å². The maximum atomic E-state index is 12.9. The number of carbonyl (C=O) groups is 1. The van der Waals surface area contributed by atoms with E-state index in [0.29, 0.717) is 11.4 Å². The molecule has 2 aliphatic rings. The molecule has 1 aromatic rings. The van der Waals surface area contributed by atoms with Crippen LogP contribution in [0.15, 0.2) is 24.3 Å². The molecule has 0 bridgehead atoms. The van der Waals surface area contributed by atoms with Gasteiger partial charge in [0.2, 0.25) is 5.91 Å². The Morgan fingerprint density at radius 1 is 1.35 bits per heavy atom. The lowest BCUT2D eigenvalue weighted by Gasteiger charge is -2.29. The van der Waals surface area contributed by atoms with Gasteiger partial charge in [0.1, 0.15) is 0 Å². The zero-order chi connectivity index (χ0) is 14.2. The summed E-state index contributed by atoms with van der Waals surface area (Å²) in [7, 11) is 0. The molecule has 1 aliphatic heterocycles. The molecule has 0 spiro atoms. The van der Waals surface area contributed by atoms with Crippen LogP contribution in [-0.4, -0.2) is 35.1 Å². The number of nitrogens with zero attached hydrogens (tertiary/aromatic N) is 1. The third-order valence-electron chi connectivity index (χ3n) is 4.66. The number of aliphatic hydroxyl groups is 1. The number of rotatable bonds is 4. The van der Waals surface area contributed by atoms with Gasteiger partial charge in [-0.15, -0.1) is 0 Å². The molecule has 4 heteroatoms. The Bertz CT molecular complexity index is 496. The summed E-state index contributed by atoms with van der Waals surface area (Å²) in [6, 6.07) is 7.89. The Morgan fingerprint density at radius 3 is 2.65 bits per heavy atom. The predicted octanol–water partition coefficient (Wildman–Crippen LogP) is 2.75. The van der Waals surface area contributed by atoms with Gasteiger partial charge in [-0.25, -0.2) is 0 Å². The van der Waals surface area contributed by atoms with Gasteiger partial charge in [-0.1, -0.05) is 23.7 Å². The molecule has 2 fully saturated rings. The van der Waals surface area contributed by atoms with Gasteiger partial charge in [-0.05, 0) is 49.8 Å². The fourth-order valence-corrected chi connectivity index (χ4v) is 3.47. The lowest BCUT2D eigenvalue weighted by atomic mass is 9.94.